The van der Waals surface area contributed by atoms with Gasteiger partial charge in [0.2, 0.25) is 0 Å². The van der Waals surface area contributed by atoms with Crippen LogP contribution in [0.25, 0.3) is 0 Å². The van der Waals surface area contributed by atoms with Gasteiger partial charge in [-0.1, -0.05) is 13.0 Å². The molecule has 0 saturated carbocycles. The highest BCUT2D eigenvalue weighted by Crippen LogP contribution is 2.19. The van der Waals surface area contributed by atoms with Gasteiger partial charge in [0, 0.05) is 38.8 Å². The molecule has 0 aliphatic carbocycles. The quantitative estimate of drug-likeness (QED) is 0.655. The van der Waals surface area contributed by atoms with Gasteiger partial charge in [0.15, 0.2) is 5.96 Å². The summed E-state index contributed by atoms with van der Waals surface area (Å²) in [4.78, 5) is 4.13. The van der Waals surface area contributed by atoms with Crippen LogP contribution >= 0.6 is 0 Å². The van der Waals surface area contributed by atoms with Gasteiger partial charge in [0.25, 0.3) is 0 Å². The zero-order valence-electron chi connectivity index (χ0n) is 13.5. The number of guanidine groups is 1. The average Bonchev–Trinajstić information content (AvgIpc) is 2.92. The molecule has 0 radical (unpaired) electrons. The summed E-state index contributed by atoms with van der Waals surface area (Å²) < 4.78 is 28.5. The van der Waals surface area contributed by atoms with Gasteiger partial charge in [-0.15, -0.1) is 0 Å². The molecule has 0 bridgehead atoms. The van der Waals surface area contributed by atoms with Gasteiger partial charge in [-0.25, -0.2) is 8.78 Å². The first-order valence-corrected chi connectivity index (χ1v) is 7.37. The monoisotopic (exact) mass is 321 g/mol. The molecule has 0 saturated heterocycles. The third-order valence-electron chi connectivity index (χ3n) is 3.65. The van der Waals surface area contributed by atoms with Crippen molar-refractivity contribution in [2.45, 2.75) is 19.4 Å². The Morgan fingerprint density at radius 3 is 2.70 bits per heavy atom. The SMILES string of the molecule is CN=C(NCc1ccnn1C)NCC(C)c1ccc(F)cc1F. The van der Waals surface area contributed by atoms with Crippen molar-refractivity contribution in [2.24, 2.45) is 12.0 Å². The van der Waals surface area contributed by atoms with Crippen LogP contribution in [-0.2, 0) is 13.6 Å². The molecular formula is C16H21F2N5. The van der Waals surface area contributed by atoms with E-state index in [2.05, 4.69) is 20.7 Å². The largest absolute Gasteiger partial charge is 0.356 e. The molecule has 0 fully saturated rings. The molecular weight excluding hydrogens is 300 g/mol. The lowest BCUT2D eigenvalue weighted by atomic mass is 10.0. The van der Waals surface area contributed by atoms with Crippen molar-refractivity contribution in [3.63, 3.8) is 0 Å². The number of nitrogens with zero attached hydrogens (tertiary/aromatic N) is 3. The minimum atomic E-state index is -0.569. The van der Waals surface area contributed by atoms with Crippen LogP contribution in [-0.4, -0.2) is 29.3 Å². The van der Waals surface area contributed by atoms with E-state index >= 15 is 0 Å². The second-order valence-electron chi connectivity index (χ2n) is 5.32. The first kappa shape index (κ1) is 16.9. The maximum Gasteiger partial charge on any atom is 0.191 e. The molecule has 2 N–H and O–H groups in total. The molecule has 2 aromatic rings. The van der Waals surface area contributed by atoms with Crippen molar-refractivity contribution in [3.05, 3.63) is 53.4 Å². The van der Waals surface area contributed by atoms with Crippen LogP contribution in [0.15, 0.2) is 35.5 Å². The number of aryl methyl sites for hydroxylation is 1. The van der Waals surface area contributed by atoms with E-state index in [-0.39, 0.29) is 5.92 Å². The molecule has 5 nitrogen and oxygen atoms in total. The Kier molecular flexibility index (Phi) is 5.67. The number of aromatic nitrogens is 2. The number of halogens is 2. The van der Waals surface area contributed by atoms with Crippen LogP contribution in [0.2, 0.25) is 0 Å². The Balaban J connectivity index is 1.88. The summed E-state index contributed by atoms with van der Waals surface area (Å²) in [6.45, 7) is 2.93. The zero-order valence-corrected chi connectivity index (χ0v) is 13.5. The van der Waals surface area contributed by atoms with E-state index in [1.165, 1.54) is 12.1 Å². The second-order valence-corrected chi connectivity index (χ2v) is 5.32. The molecule has 0 aliphatic rings. The summed E-state index contributed by atoms with van der Waals surface area (Å²) in [5.41, 5.74) is 1.49. The molecule has 7 heteroatoms. The van der Waals surface area contributed by atoms with E-state index in [9.17, 15) is 8.78 Å². The predicted molar refractivity (Wildman–Crippen MR) is 86.2 cm³/mol. The summed E-state index contributed by atoms with van der Waals surface area (Å²) in [6.07, 6.45) is 1.73. The lowest BCUT2D eigenvalue weighted by Crippen LogP contribution is -2.39. The third kappa shape index (κ3) is 4.51. The van der Waals surface area contributed by atoms with E-state index in [0.717, 1.165) is 11.8 Å². The first-order valence-electron chi connectivity index (χ1n) is 7.37. The normalized spacial score (nSPS) is 13.0. The lowest BCUT2D eigenvalue weighted by molar-refractivity contribution is 0.555. The maximum atomic E-state index is 13.8. The molecule has 0 amide bonds. The molecule has 1 unspecified atom stereocenters. The predicted octanol–water partition coefficient (Wildman–Crippen LogP) is 2.17. The Morgan fingerprint density at radius 1 is 1.30 bits per heavy atom. The summed E-state index contributed by atoms with van der Waals surface area (Å²) in [6, 6.07) is 5.56. The van der Waals surface area contributed by atoms with E-state index in [1.54, 1.807) is 17.9 Å². The minimum Gasteiger partial charge on any atom is -0.356 e. The van der Waals surface area contributed by atoms with Gasteiger partial charge in [-0.3, -0.25) is 9.67 Å². The highest BCUT2D eigenvalue weighted by molar-refractivity contribution is 5.79. The maximum absolute atomic E-state index is 13.8. The average molecular weight is 321 g/mol. The first-order chi connectivity index (χ1) is 11.0. The van der Waals surface area contributed by atoms with Crippen molar-refractivity contribution >= 4 is 5.96 Å². The highest BCUT2D eigenvalue weighted by atomic mass is 19.1. The number of hydrogen-bond acceptors (Lipinski definition) is 2. The summed E-state index contributed by atoms with van der Waals surface area (Å²) in [5.74, 6) is -0.608. The van der Waals surface area contributed by atoms with Crippen LogP contribution in [0.5, 0.6) is 0 Å². The number of hydrogen-bond donors (Lipinski definition) is 2. The fraction of sp³-hybridized carbons (Fsp3) is 0.375. The van der Waals surface area contributed by atoms with Crippen molar-refractivity contribution < 1.29 is 8.78 Å². The molecule has 23 heavy (non-hydrogen) atoms. The zero-order chi connectivity index (χ0) is 16.8. The topological polar surface area (TPSA) is 54.2 Å². The smallest absolute Gasteiger partial charge is 0.191 e. The third-order valence-corrected chi connectivity index (χ3v) is 3.65. The van der Waals surface area contributed by atoms with Crippen LogP contribution in [0.4, 0.5) is 8.78 Å². The standard InChI is InChI=1S/C16H21F2N5/c1-11(14-5-4-12(17)8-15(14)18)9-20-16(19-2)21-10-13-6-7-22-23(13)3/h4-8,11H,9-10H2,1-3H3,(H2,19,20,21). The Bertz CT molecular complexity index is 681. The van der Waals surface area contributed by atoms with Crippen LogP contribution < -0.4 is 10.6 Å². The Morgan fingerprint density at radius 2 is 2.09 bits per heavy atom. The second kappa shape index (κ2) is 7.71. The highest BCUT2D eigenvalue weighted by Gasteiger charge is 2.12. The summed E-state index contributed by atoms with van der Waals surface area (Å²) >= 11 is 0. The van der Waals surface area contributed by atoms with Gasteiger partial charge in [-0.2, -0.15) is 5.10 Å². The number of aliphatic imine (C=N–C) groups is 1. The van der Waals surface area contributed by atoms with E-state index in [4.69, 9.17) is 0 Å². The van der Waals surface area contributed by atoms with Gasteiger partial charge in [-0.05, 0) is 17.7 Å². The fourth-order valence-corrected chi connectivity index (χ4v) is 2.23. The molecule has 1 atom stereocenters. The minimum absolute atomic E-state index is 0.120. The molecule has 124 valence electrons. The van der Waals surface area contributed by atoms with Gasteiger partial charge < -0.3 is 10.6 Å². The van der Waals surface area contributed by atoms with Gasteiger partial charge >= 0.3 is 0 Å². The molecule has 1 aromatic carbocycles. The molecule has 1 heterocycles. The molecule has 0 spiro atoms. The lowest BCUT2D eigenvalue weighted by Gasteiger charge is -2.17. The van der Waals surface area contributed by atoms with E-state index in [0.29, 0.717) is 24.6 Å². The Hall–Kier alpha value is -2.44. The van der Waals surface area contributed by atoms with E-state index < -0.39 is 11.6 Å². The summed E-state index contributed by atoms with van der Waals surface area (Å²) in [7, 11) is 3.54. The van der Waals surface area contributed by atoms with E-state index in [1.807, 2.05) is 20.0 Å². The number of nitrogens with one attached hydrogen (secondary N) is 2. The molecule has 1 aromatic heterocycles. The molecule has 2 rings (SSSR count). The van der Waals surface area contributed by atoms with Crippen molar-refractivity contribution in [3.8, 4) is 0 Å². The van der Waals surface area contributed by atoms with Crippen LogP contribution in [0.3, 0.4) is 0 Å². The molecule has 0 aliphatic heterocycles. The summed E-state index contributed by atoms with van der Waals surface area (Å²) in [5, 5.41) is 10.4. The fourth-order valence-electron chi connectivity index (χ4n) is 2.23. The van der Waals surface area contributed by atoms with Crippen molar-refractivity contribution in [1.82, 2.24) is 20.4 Å². The van der Waals surface area contributed by atoms with Crippen LogP contribution in [0, 0.1) is 11.6 Å². The number of benzene rings is 1. The Labute approximate surface area is 134 Å². The van der Waals surface area contributed by atoms with Gasteiger partial charge in [0.05, 0.1) is 12.2 Å². The van der Waals surface area contributed by atoms with Gasteiger partial charge in [0.1, 0.15) is 11.6 Å². The van der Waals surface area contributed by atoms with Crippen molar-refractivity contribution in [1.29, 1.82) is 0 Å². The van der Waals surface area contributed by atoms with Crippen molar-refractivity contribution in [2.75, 3.05) is 13.6 Å². The van der Waals surface area contributed by atoms with Crippen LogP contribution in [0.1, 0.15) is 24.1 Å². The number of rotatable bonds is 5.